The molecule has 0 radical (unpaired) electrons. The van der Waals surface area contributed by atoms with Crippen molar-refractivity contribution < 1.29 is 28.7 Å². The van der Waals surface area contributed by atoms with E-state index >= 15 is 0 Å². The number of hydrogen-bond acceptors (Lipinski definition) is 4. The molecule has 30 heavy (non-hydrogen) atoms. The van der Waals surface area contributed by atoms with Gasteiger partial charge in [-0.2, -0.15) is 0 Å². The number of nitrogens with zero attached hydrogens (tertiary/aromatic N) is 1. The van der Waals surface area contributed by atoms with E-state index in [4.69, 9.17) is 28.3 Å². The first-order valence-corrected chi connectivity index (χ1v) is 9.77. The molecule has 1 heterocycles. The van der Waals surface area contributed by atoms with E-state index in [2.05, 4.69) is 0 Å². The summed E-state index contributed by atoms with van der Waals surface area (Å²) in [6.45, 7) is -0.0479. The van der Waals surface area contributed by atoms with Crippen molar-refractivity contribution in [2.75, 3.05) is 6.54 Å². The molecule has 1 amide bonds. The van der Waals surface area contributed by atoms with Crippen molar-refractivity contribution in [1.29, 1.82) is 0 Å². The molecule has 6 nitrogen and oxygen atoms in total. The van der Waals surface area contributed by atoms with E-state index in [9.17, 15) is 23.6 Å². The van der Waals surface area contributed by atoms with Gasteiger partial charge in [-0.3, -0.25) is 19.2 Å². The minimum absolute atomic E-state index is 0.0479. The monoisotopic (exact) mass is 451 g/mol. The Kier molecular flexibility index (Phi) is 6.53. The first kappa shape index (κ1) is 21.9. The van der Waals surface area contributed by atoms with Crippen molar-refractivity contribution in [2.45, 2.75) is 18.9 Å². The van der Waals surface area contributed by atoms with Crippen molar-refractivity contribution in [3.8, 4) is 0 Å². The highest BCUT2D eigenvalue weighted by Crippen LogP contribution is 2.41. The third kappa shape index (κ3) is 4.37. The predicted octanol–water partition coefficient (Wildman–Crippen LogP) is 3.95. The standard InChI is InChI=1S/C21H16Cl2FNO5/c22-12-5-8-14(15(23)10-12)18-17(19(28)11-3-6-13(24)7-4-11)20(29)21(30)25(18)9-1-2-16(26)27/h3-8,10,17-18H,1-2,9H2,(H,26,27). The molecule has 1 N–H and O–H groups in total. The van der Waals surface area contributed by atoms with Crippen LogP contribution in [0.3, 0.4) is 0 Å². The van der Waals surface area contributed by atoms with Gasteiger partial charge < -0.3 is 10.0 Å². The lowest BCUT2D eigenvalue weighted by Gasteiger charge is -2.28. The summed E-state index contributed by atoms with van der Waals surface area (Å²) in [5.74, 6) is -5.45. The first-order valence-electron chi connectivity index (χ1n) is 9.02. The summed E-state index contributed by atoms with van der Waals surface area (Å²) in [6, 6.07) is 8.10. The number of carbonyl (C=O) groups is 4. The molecule has 2 aromatic rings. The number of amides is 1. The molecule has 0 bridgehead atoms. The highest BCUT2D eigenvalue weighted by atomic mass is 35.5. The van der Waals surface area contributed by atoms with E-state index in [1.54, 1.807) is 0 Å². The molecule has 0 spiro atoms. The maximum atomic E-state index is 13.2. The number of likely N-dealkylation sites (tertiary alicyclic amines) is 1. The van der Waals surface area contributed by atoms with E-state index in [0.717, 1.165) is 12.1 Å². The Morgan fingerprint density at radius 2 is 1.73 bits per heavy atom. The average molecular weight is 452 g/mol. The number of ketones is 2. The molecule has 2 unspecified atom stereocenters. The lowest BCUT2D eigenvalue weighted by atomic mass is 9.86. The molecule has 0 aliphatic carbocycles. The largest absolute Gasteiger partial charge is 0.481 e. The van der Waals surface area contributed by atoms with Crippen LogP contribution in [-0.2, 0) is 14.4 Å². The molecule has 3 rings (SSSR count). The van der Waals surface area contributed by atoms with E-state index in [0.29, 0.717) is 10.6 Å². The smallest absolute Gasteiger partial charge is 0.303 e. The van der Waals surface area contributed by atoms with Crippen molar-refractivity contribution in [3.05, 3.63) is 69.5 Å². The van der Waals surface area contributed by atoms with Crippen LogP contribution in [0.25, 0.3) is 0 Å². The van der Waals surface area contributed by atoms with Gasteiger partial charge in [-0.15, -0.1) is 0 Å². The van der Waals surface area contributed by atoms with Crippen LogP contribution in [0.2, 0.25) is 10.0 Å². The summed E-state index contributed by atoms with van der Waals surface area (Å²) in [5.41, 5.74) is 0.418. The van der Waals surface area contributed by atoms with Crippen molar-refractivity contribution >= 4 is 46.6 Å². The molecule has 2 aromatic carbocycles. The Labute approximate surface area is 181 Å². The Morgan fingerprint density at radius 1 is 1.07 bits per heavy atom. The minimum atomic E-state index is -1.40. The molecular weight excluding hydrogens is 436 g/mol. The molecular formula is C21H16Cl2FNO5. The summed E-state index contributed by atoms with van der Waals surface area (Å²) < 4.78 is 13.2. The molecule has 1 fully saturated rings. The SMILES string of the molecule is O=C(O)CCCN1C(=O)C(=O)C(C(=O)c2ccc(F)cc2)C1c1ccc(Cl)cc1Cl. The lowest BCUT2D eigenvalue weighted by molar-refractivity contribution is -0.141. The molecule has 1 saturated heterocycles. The predicted molar refractivity (Wildman–Crippen MR) is 107 cm³/mol. The maximum Gasteiger partial charge on any atom is 0.303 e. The number of Topliss-reactive ketones (excluding diaryl/α,β-unsaturated/α-hetero) is 2. The Morgan fingerprint density at radius 3 is 2.33 bits per heavy atom. The fourth-order valence-electron chi connectivity index (χ4n) is 3.51. The molecule has 0 saturated carbocycles. The lowest BCUT2D eigenvalue weighted by Crippen LogP contribution is -2.32. The molecule has 156 valence electrons. The fraction of sp³-hybridized carbons (Fsp3) is 0.238. The number of halogens is 3. The van der Waals surface area contributed by atoms with Gasteiger partial charge in [0.05, 0.1) is 6.04 Å². The third-order valence-electron chi connectivity index (χ3n) is 4.89. The zero-order valence-corrected chi connectivity index (χ0v) is 17.0. The van der Waals surface area contributed by atoms with Gasteiger partial charge in [0.15, 0.2) is 5.78 Å². The fourth-order valence-corrected chi connectivity index (χ4v) is 4.03. The zero-order chi connectivity index (χ0) is 22.0. The van der Waals surface area contributed by atoms with Crippen LogP contribution in [0.1, 0.15) is 34.8 Å². The van der Waals surface area contributed by atoms with E-state index in [1.165, 1.54) is 35.2 Å². The number of rotatable bonds is 7. The summed E-state index contributed by atoms with van der Waals surface area (Å²) >= 11 is 12.2. The first-order chi connectivity index (χ1) is 14.2. The molecule has 9 heteroatoms. The molecule has 0 aromatic heterocycles. The van der Waals surface area contributed by atoms with Gasteiger partial charge in [0.1, 0.15) is 11.7 Å². The van der Waals surface area contributed by atoms with Gasteiger partial charge in [-0.25, -0.2) is 4.39 Å². The number of carboxylic acid groups (broad SMARTS) is 1. The minimum Gasteiger partial charge on any atom is -0.481 e. The van der Waals surface area contributed by atoms with Crippen molar-refractivity contribution in [3.63, 3.8) is 0 Å². The number of carboxylic acids is 1. The second kappa shape index (κ2) is 8.93. The molecule has 2 atom stereocenters. The number of carbonyl (C=O) groups excluding carboxylic acids is 3. The second-order valence-corrected chi connectivity index (χ2v) is 7.66. The third-order valence-corrected chi connectivity index (χ3v) is 5.45. The summed E-state index contributed by atoms with van der Waals surface area (Å²) in [4.78, 5) is 50.6. The van der Waals surface area contributed by atoms with E-state index in [-0.39, 0.29) is 30.0 Å². The number of hydrogen-bond donors (Lipinski definition) is 1. The summed E-state index contributed by atoms with van der Waals surface area (Å²) in [5, 5.41) is 9.38. The summed E-state index contributed by atoms with van der Waals surface area (Å²) in [6.07, 6.45) is -0.122. The van der Waals surface area contributed by atoms with Crippen LogP contribution in [0.4, 0.5) is 4.39 Å². The number of benzene rings is 2. The van der Waals surface area contributed by atoms with Crippen LogP contribution in [-0.4, -0.2) is 40.0 Å². The molecule has 1 aliphatic heterocycles. The average Bonchev–Trinajstić information content (AvgIpc) is 2.93. The van der Waals surface area contributed by atoms with Crippen LogP contribution in [0, 0.1) is 11.7 Å². The van der Waals surface area contributed by atoms with Crippen molar-refractivity contribution in [2.24, 2.45) is 5.92 Å². The number of aliphatic carboxylic acids is 1. The highest BCUT2D eigenvalue weighted by Gasteiger charge is 2.51. The van der Waals surface area contributed by atoms with Gasteiger partial charge in [-0.05, 0) is 48.4 Å². The van der Waals surface area contributed by atoms with Crippen LogP contribution in [0.5, 0.6) is 0 Å². The van der Waals surface area contributed by atoms with Gasteiger partial charge >= 0.3 is 5.97 Å². The van der Waals surface area contributed by atoms with Gasteiger partial charge in [0.25, 0.3) is 5.91 Å². The van der Waals surface area contributed by atoms with E-state index < -0.39 is 41.2 Å². The van der Waals surface area contributed by atoms with Gasteiger partial charge in [0.2, 0.25) is 5.78 Å². The van der Waals surface area contributed by atoms with Crippen LogP contribution in [0.15, 0.2) is 42.5 Å². The molecule has 1 aliphatic rings. The van der Waals surface area contributed by atoms with E-state index in [1.807, 2.05) is 0 Å². The topological polar surface area (TPSA) is 91.8 Å². The van der Waals surface area contributed by atoms with Crippen LogP contribution >= 0.6 is 23.2 Å². The normalized spacial score (nSPS) is 18.7. The zero-order valence-electron chi connectivity index (χ0n) is 15.5. The Balaban J connectivity index is 2.04. The Bertz CT molecular complexity index is 1020. The highest BCUT2D eigenvalue weighted by molar-refractivity contribution is 6.44. The Hall–Kier alpha value is -2.77. The van der Waals surface area contributed by atoms with Crippen molar-refractivity contribution in [1.82, 2.24) is 4.90 Å². The van der Waals surface area contributed by atoms with Gasteiger partial charge in [0, 0.05) is 28.6 Å². The van der Waals surface area contributed by atoms with Crippen LogP contribution < -0.4 is 0 Å². The second-order valence-electron chi connectivity index (χ2n) is 6.82. The summed E-state index contributed by atoms with van der Waals surface area (Å²) in [7, 11) is 0. The maximum absolute atomic E-state index is 13.2. The van der Waals surface area contributed by atoms with Gasteiger partial charge in [-0.1, -0.05) is 29.3 Å². The quantitative estimate of drug-likeness (QED) is 0.390.